The van der Waals surface area contributed by atoms with E-state index in [0.29, 0.717) is 29.8 Å². The Morgan fingerprint density at radius 3 is 2.94 bits per heavy atom. The van der Waals surface area contributed by atoms with Gasteiger partial charge in [-0.05, 0) is 6.07 Å². The molecule has 1 N–H and O–H groups in total. The van der Waals surface area contributed by atoms with Gasteiger partial charge in [0.25, 0.3) is 5.91 Å². The number of nitrogens with zero attached hydrogens (tertiary/aromatic N) is 4. The normalized spacial score (nSPS) is 16.2. The predicted octanol–water partition coefficient (Wildman–Crippen LogP) is -0.215. The minimum atomic E-state index is -0.389. The maximum absolute atomic E-state index is 12.1. The fourth-order valence-corrected chi connectivity index (χ4v) is 1.99. The van der Waals surface area contributed by atoms with E-state index in [4.69, 9.17) is 0 Å². The Labute approximate surface area is 97.5 Å². The lowest BCUT2D eigenvalue weighted by molar-refractivity contribution is 0.00601. The quantitative estimate of drug-likeness (QED) is 0.738. The largest absolute Gasteiger partial charge is 0.389 e. The van der Waals surface area contributed by atoms with Crippen molar-refractivity contribution in [3.05, 3.63) is 24.2 Å². The van der Waals surface area contributed by atoms with Crippen molar-refractivity contribution in [2.45, 2.75) is 6.10 Å². The van der Waals surface area contributed by atoms with Crippen LogP contribution < -0.4 is 0 Å². The Balaban J connectivity index is 2.02. The van der Waals surface area contributed by atoms with Gasteiger partial charge in [0.2, 0.25) is 0 Å². The van der Waals surface area contributed by atoms with Gasteiger partial charge in [0, 0.05) is 26.3 Å². The molecule has 1 amide bonds. The number of fused-ring (bicyclic) bond motifs is 1. The molecule has 0 spiro atoms. The number of β-amino-alcohol motifs (C(OH)–C–C–N with tert-alkyl or cyclic N) is 1. The number of likely N-dealkylation sites (tertiary alicyclic amines) is 1. The molecule has 0 bridgehead atoms. The smallest absolute Gasteiger partial charge is 0.256 e. The lowest BCUT2D eigenvalue weighted by atomic mass is 10.1. The summed E-state index contributed by atoms with van der Waals surface area (Å²) in [6.45, 7) is 0.797. The summed E-state index contributed by atoms with van der Waals surface area (Å²) in [6, 6.07) is 1.67. The van der Waals surface area contributed by atoms with Crippen molar-refractivity contribution >= 4 is 17.1 Å². The average molecular weight is 232 g/mol. The molecule has 1 saturated heterocycles. The highest BCUT2D eigenvalue weighted by Crippen LogP contribution is 2.19. The Morgan fingerprint density at radius 2 is 2.24 bits per heavy atom. The molecule has 1 fully saturated rings. The van der Waals surface area contributed by atoms with E-state index in [1.165, 1.54) is 0 Å². The molecule has 0 saturated carbocycles. The fraction of sp³-hybridized carbons (Fsp3) is 0.364. The van der Waals surface area contributed by atoms with Gasteiger partial charge in [0.15, 0.2) is 5.65 Å². The zero-order valence-corrected chi connectivity index (χ0v) is 9.37. The topological polar surface area (TPSA) is 71.2 Å². The van der Waals surface area contributed by atoms with E-state index in [2.05, 4.69) is 9.97 Å². The summed E-state index contributed by atoms with van der Waals surface area (Å²) in [5.41, 5.74) is 1.85. The molecule has 0 atom stereocenters. The van der Waals surface area contributed by atoms with Crippen molar-refractivity contribution in [2.75, 3.05) is 13.1 Å². The van der Waals surface area contributed by atoms with Crippen LogP contribution >= 0.6 is 0 Å². The van der Waals surface area contributed by atoms with Crippen LogP contribution in [0.2, 0.25) is 0 Å². The molecular formula is C11H12N4O2. The molecule has 3 heterocycles. The van der Waals surface area contributed by atoms with Crippen LogP contribution in [-0.2, 0) is 7.05 Å². The van der Waals surface area contributed by atoms with Gasteiger partial charge in [0.05, 0.1) is 18.0 Å². The van der Waals surface area contributed by atoms with Gasteiger partial charge in [-0.25, -0.2) is 9.97 Å². The van der Waals surface area contributed by atoms with Crippen LogP contribution in [0.5, 0.6) is 0 Å². The van der Waals surface area contributed by atoms with Gasteiger partial charge >= 0.3 is 0 Å². The Bertz CT molecular complexity index is 586. The number of aliphatic hydroxyl groups excluding tert-OH is 1. The van der Waals surface area contributed by atoms with Crippen molar-refractivity contribution in [3.8, 4) is 0 Å². The molecule has 2 aromatic heterocycles. The summed E-state index contributed by atoms with van der Waals surface area (Å²) in [5, 5.41) is 9.21. The maximum Gasteiger partial charge on any atom is 0.256 e. The van der Waals surface area contributed by atoms with E-state index >= 15 is 0 Å². The molecule has 0 radical (unpaired) electrons. The summed E-state index contributed by atoms with van der Waals surface area (Å²) < 4.78 is 1.77. The van der Waals surface area contributed by atoms with E-state index < -0.39 is 0 Å². The number of aryl methyl sites for hydroxylation is 1. The monoisotopic (exact) mass is 232 g/mol. The van der Waals surface area contributed by atoms with Crippen LogP contribution in [0.3, 0.4) is 0 Å². The highest BCUT2D eigenvalue weighted by molar-refractivity contribution is 6.04. The Kier molecular flexibility index (Phi) is 2.12. The molecular weight excluding hydrogens is 220 g/mol. The second kappa shape index (κ2) is 3.53. The molecule has 17 heavy (non-hydrogen) atoms. The minimum absolute atomic E-state index is 0.0959. The number of hydrogen-bond donors (Lipinski definition) is 1. The number of hydrogen-bond acceptors (Lipinski definition) is 4. The summed E-state index contributed by atoms with van der Waals surface area (Å²) in [5.74, 6) is -0.0959. The minimum Gasteiger partial charge on any atom is -0.389 e. The molecule has 3 rings (SSSR count). The van der Waals surface area contributed by atoms with Crippen molar-refractivity contribution in [1.82, 2.24) is 19.4 Å². The summed E-state index contributed by atoms with van der Waals surface area (Å²) in [7, 11) is 1.84. The predicted molar refractivity (Wildman–Crippen MR) is 60.4 cm³/mol. The number of amides is 1. The third-order valence-corrected chi connectivity index (χ3v) is 2.98. The summed E-state index contributed by atoms with van der Waals surface area (Å²) in [4.78, 5) is 22.1. The van der Waals surface area contributed by atoms with Crippen molar-refractivity contribution in [2.24, 2.45) is 7.05 Å². The first-order valence-corrected chi connectivity index (χ1v) is 5.40. The molecule has 2 aromatic rings. The molecule has 1 aliphatic heterocycles. The molecule has 0 unspecified atom stereocenters. The lowest BCUT2D eigenvalue weighted by Crippen LogP contribution is -2.53. The fourth-order valence-electron chi connectivity index (χ4n) is 1.99. The average Bonchev–Trinajstić information content (AvgIpc) is 2.66. The van der Waals surface area contributed by atoms with Gasteiger partial charge in [-0.1, -0.05) is 0 Å². The van der Waals surface area contributed by atoms with Crippen molar-refractivity contribution < 1.29 is 9.90 Å². The van der Waals surface area contributed by atoms with Gasteiger partial charge < -0.3 is 14.6 Å². The number of carbonyl (C=O) groups is 1. The second-order valence-corrected chi connectivity index (χ2v) is 4.25. The van der Waals surface area contributed by atoms with Crippen molar-refractivity contribution in [3.63, 3.8) is 0 Å². The Hall–Kier alpha value is -1.95. The number of rotatable bonds is 1. The molecule has 0 aromatic carbocycles. The molecule has 0 aliphatic carbocycles. The molecule has 6 nitrogen and oxygen atoms in total. The lowest BCUT2D eigenvalue weighted by Gasteiger charge is -2.35. The number of imidazole rings is 1. The summed E-state index contributed by atoms with van der Waals surface area (Å²) in [6.07, 6.45) is 2.85. The Morgan fingerprint density at radius 1 is 1.47 bits per heavy atom. The van der Waals surface area contributed by atoms with E-state index in [-0.39, 0.29) is 12.0 Å². The zero-order chi connectivity index (χ0) is 12.0. The number of pyridine rings is 1. The van der Waals surface area contributed by atoms with Crippen LogP contribution in [-0.4, -0.2) is 49.6 Å². The van der Waals surface area contributed by atoms with E-state index in [0.717, 1.165) is 0 Å². The maximum atomic E-state index is 12.1. The number of aliphatic hydroxyl groups is 1. The van der Waals surface area contributed by atoms with Crippen LogP contribution in [0.1, 0.15) is 10.4 Å². The van der Waals surface area contributed by atoms with Gasteiger partial charge in [-0.3, -0.25) is 4.79 Å². The number of aromatic nitrogens is 3. The first-order valence-electron chi connectivity index (χ1n) is 5.40. The van der Waals surface area contributed by atoms with Crippen LogP contribution in [0.4, 0.5) is 0 Å². The van der Waals surface area contributed by atoms with Gasteiger partial charge in [-0.2, -0.15) is 0 Å². The van der Waals surface area contributed by atoms with Crippen LogP contribution in [0.15, 0.2) is 18.6 Å². The third kappa shape index (κ3) is 1.49. The van der Waals surface area contributed by atoms with E-state index in [1.54, 1.807) is 28.1 Å². The highest BCUT2D eigenvalue weighted by atomic mass is 16.3. The first-order chi connectivity index (χ1) is 8.16. The van der Waals surface area contributed by atoms with E-state index in [9.17, 15) is 9.90 Å². The van der Waals surface area contributed by atoms with E-state index in [1.807, 2.05) is 7.05 Å². The van der Waals surface area contributed by atoms with Crippen molar-refractivity contribution in [1.29, 1.82) is 0 Å². The summed E-state index contributed by atoms with van der Waals surface area (Å²) >= 11 is 0. The standard InChI is InChI=1S/C11H12N4O2/c1-14-6-13-9-8(2-3-12-10(9)14)11(17)15-4-7(16)5-15/h2-3,6-7,16H,4-5H2,1H3. The first kappa shape index (κ1) is 10.2. The van der Waals surface area contributed by atoms with Crippen LogP contribution in [0, 0.1) is 0 Å². The molecule has 1 aliphatic rings. The van der Waals surface area contributed by atoms with Gasteiger partial charge in [-0.15, -0.1) is 0 Å². The highest BCUT2D eigenvalue weighted by Gasteiger charge is 2.30. The number of carbonyl (C=O) groups excluding carboxylic acids is 1. The zero-order valence-electron chi connectivity index (χ0n) is 9.37. The molecule has 6 heteroatoms. The third-order valence-electron chi connectivity index (χ3n) is 2.98. The molecule has 88 valence electrons. The van der Waals surface area contributed by atoms with Crippen LogP contribution in [0.25, 0.3) is 11.2 Å². The van der Waals surface area contributed by atoms with Gasteiger partial charge in [0.1, 0.15) is 5.52 Å². The second-order valence-electron chi connectivity index (χ2n) is 4.25. The SMILES string of the molecule is Cn1cnc2c(C(=O)N3CC(O)C3)ccnc21.